The third-order valence-electron chi connectivity index (χ3n) is 6.21. The number of halogens is 2. The van der Waals surface area contributed by atoms with Crippen molar-refractivity contribution in [2.24, 2.45) is 0 Å². The number of hydrogen-bond donors (Lipinski definition) is 1. The number of nitrogens with zero attached hydrogens (tertiary/aromatic N) is 2. The first kappa shape index (κ1) is 29.5. The zero-order valence-corrected chi connectivity index (χ0v) is 24.1. The largest absolute Gasteiger partial charge is 0.357 e. The summed E-state index contributed by atoms with van der Waals surface area (Å²) in [5, 5.41) is 3.59. The minimum atomic E-state index is -4.15. The van der Waals surface area contributed by atoms with Crippen LogP contribution in [0.25, 0.3) is 0 Å². The fourth-order valence-corrected chi connectivity index (χ4v) is 5.95. The van der Waals surface area contributed by atoms with Crippen molar-refractivity contribution in [1.82, 2.24) is 10.2 Å². The van der Waals surface area contributed by atoms with Crippen LogP contribution in [-0.4, -0.2) is 44.8 Å². The topological polar surface area (TPSA) is 86.8 Å². The van der Waals surface area contributed by atoms with E-state index in [4.69, 9.17) is 23.2 Å². The molecule has 3 aromatic rings. The van der Waals surface area contributed by atoms with E-state index < -0.39 is 28.5 Å². The summed E-state index contributed by atoms with van der Waals surface area (Å²) in [7, 11) is -2.65. The third-order valence-corrected chi connectivity index (χ3v) is 8.47. The van der Waals surface area contributed by atoms with Gasteiger partial charge in [0.1, 0.15) is 12.6 Å². The number of aryl methyl sites for hydroxylation is 2. The summed E-state index contributed by atoms with van der Waals surface area (Å²) in [5.74, 6) is -0.870. The zero-order valence-electron chi connectivity index (χ0n) is 21.7. The molecule has 7 nitrogen and oxygen atoms in total. The van der Waals surface area contributed by atoms with Crippen molar-refractivity contribution in [3.05, 3.63) is 93.5 Å². The van der Waals surface area contributed by atoms with E-state index in [-0.39, 0.29) is 17.3 Å². The molecule has 3 rings (SSSR count). The molecule has 2 amide bonds. The van der Waals surface area contributed by atoms with Gasteiger partial charge in [0.05, 0.1) is 10.6 Å². The first-order valence-electron chi connectivity index (χ1n) is 12.1. The van der Waals surface area contributed by atoms with Crippen molar-refractivity contribution in [2.45, 2.75) is 44.7 Å². The molecule has 0 fully saturated rings. The van der Waals surface area contributed by atoms with E-state index in [1.54, 1.807) is 68.4 Å². The lowest BCUT2D eigenvalue weighted by Gasteiger charge is -2.33. The monoisotopic (exact) mass is 575 g/mol. The Labute approximate surface area is 234 Å². The lowest BCUT2D eigenvalue weighted by molar-refractivity contribution is -0.140. The lowest BCUT2D eigenvalue weighted by Crippen LogP contribution is -2.51. The third kappa shape index (κ3) is 6.87. The van der Waals surface area contributed by atoms with Gasteiger partial charge in [0, 0.05) is 23.6 Å². The molecule has 0 bridgehead atoms. The molecule has 0 saturated heterocycles. The van der Waals surface area contributed by atoms with Crippen LogP contribution in [0.3, 0.4) is 0 Å². The van der Waals surface area contributed by atoms with Gasteiger partial charge in [0.25, 0.3) is 10.0 Å². The predicted octanol–water partition coefficient (Wildman–Crippen LogP) is 5.36. The summed E-state index contributed by atoms with van der Waals surface area (Å²) < 4.78 is 28.9. The number of carbonyl (C=O) groups excluding carboxylic acids is 2. The minimum Gasteiger partial charge on any atom is -0.357 e. The number of rotatable bonds is 10. The summed E-state index contributed by atoms with van der Waals surface area (Å²) >= 11 is 12.2. The van der Waals surface area contributed by atoms with Crippen molar-refractivity contribution in [2.75, 3.05) is 17.9 Å². The van der Waals surface area contributed by atoms with Gasteiger partial charge in [-0.25, -0.2) is 8.42 Å². The Morgan fingerprint density at radius 1 is 0.921 bits per heavy atom. The molecule has 1 N–H and O–H groups in total. The number of sulfonamides is 1. The van der Waals surface area contributed by atoms with Gasteiger partial charge in [-0.3, -0.25) is 13.9 Å². The normalized spacial score (nSPS) is 12.1. The molecule has 0 spiro atoms. The number of nitrogens with one attached hydrogen (secondary N) is 1. The van der Waals surface area contributed by atoms with Crippen LogP contribution in [0.5, 0.6) is 0 Å². The van der Waals surface area contributed by atoms with Crippen LogP contribution >= 0.6 is 23.2 Å². The molecule has 0 saturated carbocycles. The van der Waals surface area contributed by atoms with Crippen LogP contribution in [-0.2, 0) is 26.2 Å². The number of amides is 2. The molecule has 10 heteroatoms. The van der Waals surface area contributed by atoms with E-state index in [0.29, 0.717) is 27.7 Å². The summed E-state index contributed by atoms with van der Waals surface area (Å²) in [4.78, 5) is 28.1. The van der Waals surface area contributed by atoms with Gasteiger partial charge in [-0.1, -0.05) is 60.0 Å². The Balaban J connectivity index is 2.09. The number of likely N-dealkylation sites (N-methyl/N-ethyl adjacent to an activating group) is 1. The van der Waals surface area contributed by atoms with E-state index in [0.717, 1.165) is 15.4 Å². The van der Waals surface area contributed by atoms with E-state index >= 15 is 0 Å². The first-order valence-corrected chi connectivity index (χ1v) is 14.3. The van der Waals surface area contributed by atoms with Crippen LogP contribution in [0.15, 0.2) is 71.6 Å². The SMILES string of the molecule is CC[C@@H](C(=O)NC)N(Cc1ccc(Cl)cc1)C(=O)CN(c1ccc(Cl)cc1C)S(=O)(=O)c1ccc(C)cc1. The molecule has 0 aliphatic rings. The average Bonchev–Trinajstić information content (AvgIpc) is 2.88. The zero-order chi connectivity index (χ0) is 28.0. The Hall–Kier alpha value is -3.07. The highest BCUT2D eigenvalue weighted by molar-refractivity contribution is 7.92. The molecule has 3 aromatic carbocycles. The highest BCUT2D eigenvalue weighted by Gasteiger charge is 2.34. The van der Waals surface area contributed by atoms with Gasteiger partial charge >= 0.3 is 0 Å². The van der Waals surface area contributed by atoms with Crippen LogP contribution in [0.4, 0.5) is 5.69 Å². The summed E-state index contributed by atoms with van der Waals surface area (Å²) in [6, 6.07) is 17.4. The van der Waals surface area contributed by atoms with Crippen LogP contribution in [0.1, 0.15) is 30.0 Å². The Morgan fingerprint density at radius 3 is 2.08 bits per heavy atom. The van der Waals surface area contributed by atoms with Crippen LogP contribution < -0.4 is 9.62 Å². The number of hydrogen-bond acceptors (Lipinski definition) is 4. The van der Waals surface area contributed by atoms with Crippen LogP contribution in [0.2, 0.25) is 10.0 Å². The van der Waals surface area contributed by atoms with Crippen molar-refractivity contribution in [1.29, 1.82) is 0 Å². The van der Waals surface area contributed by atoms with Crippen molar-refractivity contribution < 1.29 is 18.0 Å². The fraction of sp³-hybridized carbons (Fsp3) is 0.286. The quantitative estimate of drug-likeness (QED) is 0.352. The molecule has 38 heavy (non-hydrogen) atoms. The number of anilines is 1. The maximum absolute atomic E-state index is 13.9. The van der Waals surface area contributed by atoms with Gasteiger partial charge in [-0.05, 0) is 73.9 Å². The molecule has 0 aliphatic carbocycles. The van der Waals surface area contributed by atoms with E-state index in [1.807, 2.05) is 6.92 Å². The Bertz CT molecular complexity index is 1390. The Kier molecular flexibility index (Phi) is 9.82. The maximum atomic E-state index is 13.9. The molecule has 0 unspecified atom stereocenters. The first-order chi connectivity index (χ1) is 18.0. The van der Waals surface area contributed by atoms with Gasteiger partial charge in [-0.2, -0.15) is 0 Å². The van der Waals surface area contributed by atoms with Gasteiger partial charge < -0.3 is 10.2 Å². The second-order valence-corrected chi connectivity index (χ2v) is 11.7. The maximum Gasteiger partial charge on any atom is 0.264 e. The second-order valence-electron chi connectivity index (χ2n) is 8.94. The molecule has 202 valence electrons. The lowest BCUT2D eigenvalue weighted by atomic mass is 10.1. The number of carbonyl (C=O) groups is 2. The number of benzene rings is 3. The average molecular weight is 577 g/mol. The summed E-state index contributed by atoms with van der Waals surface area (Å²) in [6.45, 7) is 4.97. The minimum absolute atomic E-state index is 0.0489. The highest BCUT2D eigenvalue weighted by Crippen LogP contribution is 2.29. The van der Waals surface area contributed by atoms with Crippen molar-refractivity contribution >= 4 is 50.7 Å². The molecule has 1 atom stereocenters. The van der Waals surface area contributed by atoms with Gasteiger partial charge in [0.2, 0.25) is 11.8 Å². The summed E-state index contributed by atoms with van der Waals surface area (Å²) in [6.07, 6.45) is 0.337. The summed E-state index contributed by atoms with van der Waals surface area (Å²) in [5.41, 5.74) is 2.56. The molecule has 0 heterocycles. The standard InChI is InChI=1S/C28H31Cl2N3O4S/c1-5-25(28(35)31-4)32(17-21-8-10-22(29)11-9-21)27(34)18-33(26-15-12-23(30)16-20(26)3)38(36,37)24-13-6-19(2)7-14-24/h6-16,25H,5,17-18H2,1-4H3,(H,31,35)/t25-/m0/s1. The van der Waals surface area contributed by atoms with Crippen molar-refractivity contribution in [3.63, 3.8) is 0 Å². The van der Waals surface area contributed by atoms with Gasteiger partial charge in [0.15, 0.2) is 0 Å². The smallest absolute Gasteiger partial charge is 0.264 e. The van der Waals surface area contributed by atoms with Crippen LogP contribution in [0, 0.1) is 13.8 Å². The molecular weight excluding hydrogens is 545 g/mol. The highest BCUT2D eigenvalue weighted by atomic mass is 35.5. The van der Waals surface area contributed by atoms with E-state index in [1.165, 1.54) is 24.1 Å². The van der Waals surface area contributed by atoms with Crippen molar-refractivity contribution in [3.8, 4) is 0 Å². The molecular formula is C28H31Cl2N3O4S. The molecule has 0 aromatic heterocycles. The predicted molar refractivity (Wildman–Crippen MR) is 152 cm³/mol. The van der Waals surface area contributed by atoms with Gasteiger partial charge in [-0.15, -0.1) is 0 Å². The van der Waals surface area contributed by atoms with E-state index in [2.05, 4.69) is 5.32 Å². The molecule has 0 radical (unpaired) electrons. The Morgan fingerprint density at radius 2 is 1.53 bits per heavy atom. The molecule has 0 aliphatic heterocycles. The van der Waals surface area contributed by atoms with E-state index in [9.17, 15) is 18.0 Å². The second kappa shape index (κ2) is 12.7. The fourth-order valence-electron chi connectivity index (χ4n) is 4.12.